The number of hydrogen-bond donors (Lipinski definition) is 1. The molecule has 0 saturated heterocycles. The van der Waals surface area contributed by atoms with Crippen LogP contribution in [0.2, 0.25) is 0 Å². The van der Waals surface area contributed by atoms with Gasteiger partial charge in [-0.3, -0.25) is 14.9 Å². The molecule has 1 amide bonds. The number of amides is 1. The summed E-state index contributed by atoms with van der Waals surface area (Å²) in [6.45, 7) is 1.60. The number of hydrogen-bond acceptors (Lipinski definition) is 5. The molecule has 1 N–H and O–H groups in total. The van der Waals surface area contributed by atoms with Crippen molar-refractivity contribution in [2.75, 3.05) is 5.32 Å². The van der Waals surface area contributed by atoms with Crippen molar-refractivity contribution < 1.29 is 9.72 Å². The largest absolute Gasteiger partial charge is 0.322 e. The summed E-state index contributed by atoms with van der Waals surface area (Å²) in [5, 5.41) is 22.1. The number of azo groups is 1. The lowest BCUT2D eigenvalue weighted by atomic mass is 10.1. The van der Waals surface area contributed by atoms with Crippen LogP contribution in [-0.4, -0.2) is 10.8 Å². The van der Waals surface area contributed by atoms with E-state index in [4.69, 9.17) is 0 Å². The Morgan fingerprint density at radius 1 is 0.889 bits per heavy atom. The quantitative estimate of drug-likeness (QED) is 0.366. The molecule has 0 atom stereocenters. The summed E-state index contributed by atoms with van der Waals surface area (Å²) >= 11 is 0. The normalized spacial score (nSPS) is 10.7. The van der Waals surface area contributed by atoms with Crippen molar-refractivity contribution >= 4 is 28.7 Å². The Kier molecular flexibility index (Phi) is 5.32. The Morgan fingerprint density at radius 2 is 1.52 bits per heavy atom. The molecule has 0 aliphatic rings. The van der Waals surface area contributed by atoms with Gasteiger partial charge in [0.2, 0.25) is 0 Å². The minimum atomic E-state index is -0.544. The smallest absolute Gasteiger partial charge is 0.285 e. The predicted molar refractivity (Wildman–Crippen MR) is 103 cm³/mol. The first kappa shape index (κ1) is 17.9. The summed E-state index contributed by atoms with van der Waals surface area (Å²) in [6, 6.07) is 20.7. The van der Waals surface area contributed by atoms with Crippen molar-refractivity contribution in [2.24, 2.45) is 10.2 Å². The molecule has 3 aromatic carbocycles. The lowest BCUT2D eigenvalue weighted by molar-refractivity contribution is -0.385. The molecule has 0 heterocycles. The molecule has 0 saturated carbocycles. The summed E-state index contributed by atoms with van der Waals surface area (Å²) < 4.78 is 0. The van der Waals surface area contributed by atoms with Gasteiger partial charge in [-0.25, -0.2) is 0 Å². The standard InChI is InChI=1S/C20H16N4O3/c1-14-6-5-9-18(19(14)24(26)27)20(25)21-15-10-12-17(13-11-15)23-22-16-7-3-2-4-8-16/h2-13H,1H3,(H,21,25). The van der Waals surface area contributed by atoms with Crippen LogP contribution in [0.3, 0.4) is 0 Å². The number of nitrogens with zero attached hydrogens (tertiary/aromatic N) is 3. The number of nitro benzene ring substituents is 1. The monoisotopic (exact) mass is 360 g/mol. The number of nitrogens with one attached hydrogen (secondary N) is 1. The second kappa shape index (κ2) is 8.01. The first-order valence-electron chi connectivity index (χ1n) is 8.17. The lowest BCUT2D eigenvalue weighted by Crippen LogP contribution is -2.14. The molecule has 0 aliphatic heterocycles. The average molecular weight is 360 g/mol. The molecule has 3 rings (SSSR count). The molecular weight excluding hydrogens is 344 g/mol. The first-order valence-corrected chi connectivity index (χ1v) is 8.17. The van der Waals surface area contributed by atoms with E-state index in [1.165, 1.54) is 6.07 Å². The van der Waals surface area contributed by atoms with E-state index in [2.05, 4.69) is 15.5 Å². The average Bonchev–Trinajstić information content (AvgIpc) is 2.67. The van der Waals surface area contributed by atoms with Crippen LogP contribution in [-0.2, 0) is 0 Å². The highest BCUT2D eigenvalue weighted by Gasteiger charge is 2.22. The molecule has 27 heavy (non-hydrogen) atoms. The van der Waals surface area contributed by atoms with E-state index in [1.807, 2.05) is 30.3 Å². The van der Waals surface area contributed by atoms with Crippen LogP contribution in [0, 0.1) is 17.0 Å². The van der Waals surface area contributed by atoms with Gasteiger partial charge in [-0.05, 0) is 49.4 Å². The van der Waals surface area contributed by atoms with Gasteiger partial charge in [0.05, 0.1) is 16.3 Å². The molecule has 0 aromatic heterocycles. The Bertz CT molecular complexity index is 999. The number of anilines is 1. The van der Waals surface area contributed by atoms with E-state index >= 15 is 0 Å². The maximum atomic E-state index is 12.4. The van der Waals surface area contributed by atoms with Gasteiger partial charge in [-0.15, -0.1) is 0 Å². The predicted octanol–water partition coefficient (Wildman–Crippen LogP) is 5.57. The molecule has 7 heteroatoms. The Hall–Kier alpha value is -3.87. The molecule has 0 unspecified atom stereocenters. The van der Waals surface area contributed by atoms with Gasteiger partial charge in [0.1, 0.15) is 5.56 Å². The summed E-state index contributed by atoms with van der Waals surface area (Å²) in [5.74, 6) is -0.538. The second-order valence-corrected chi connectivity index (χ2v) is 5.76. The van der Waals surface area contributed by atoms with Crippen LogP contribution < -0.4 is 5.32 Å². The number of benzene rings is 3. The van der Waals surface area contributed by atoms with Crippen molar-refractivity contribution in [2.45, 2.75) is 6.92 Å². The first-order chi connectivity index (χ1) is 13.0. The number of carbonyl (C=O) groups excluding carboxylic acids is 1. The molecule has 0 spiro atoms. The summed E-state index contributed by atoms with van der Waals surface area (Å²) in [7, 11) is 0. The van der Waals surface area contributed by atoms with E-state index in [9.17, 15) is 14.9 Å². The van der Waals surface area contributed by atoms with Crippen LogP contribution in [0.15, 0.2) is 83.0 Å². The number of para-hydroxylation sites is 1. The minimum Gasteiger partial charge on any atom is -0.322 e. The van der Waals surface area contributed by atoms with Gasteiger partial charge in [0, 0.05) is 11.3 Å². The third-order valence-electron chi connectivity index (χ3n) is 3.83. The fraction of sp³-hybridized carbons (Fsp3) is 0.0500. The molecule has 3 aromatic rings. The number of aryl methyl sites for hydroxylation is 1. The zero-order chi connectivity index (χ0) is 19.2. The van der Waals surface area contributed by atoms with E-state index in [0.717, 1.165) is 5.69 Å². The van der Waals surface area contributed by atoms with E-state index in [1.54, 1.807) is 43.3 Å². The van der Waals surface area contributed by atoms with Crippen molar-refractivity contribution in [1.82, 2.24) is 0 Å². The molecular formula is C20H16N4O3. The molecule has 7 nitrogen and oxygen atoms in total. The van der Waals surface area contributed by atoms with E-state index < -0.39 is 10.8 Å². The second-order valence-electron chi connectivity index (χ2n) is 5.76. The zero-order valence-corrected chi connectivity index (χ0v) is 14.5. The van der Waals surface area contributed by atoms with Crippen LogP contribution in [0.5, 0.6) is 0 Å². The van der Waals surface area contributed by atoms with Gasteiger partial charge >= 0.3 is 0 Å². The van der Waals surface area contributed by atoms with Gasteiger partial charge in [-0.1, -0.05) is 30.3 Å². The third-order valence-corrected chi connectivity index (χ3v) is 3.83. The Balaban J connectivity index is 1.74. The molecule has 0 bridgehead atoms. The summed E-state index contributed by atoms with van der Waals surface area (Å²) in [5.41, 5.74) is 2.13. The molecule has 0 fully saturated rings. The number of nitro groups is 1. The van der Waals surface area contributed by atoms with Gasteiger partial charge in [0.15, 0.2) is 0 Å². The highest BCUT2D eigenvalue weighted by molar-refractivity contribution is 6.07. The SMILES string of the molecule is Cc1cccc(C(=O)Nc2ccc(N=Nc3ccccc3)cc2)c1[N+](=O)[O-]. The van der Waals surface area contributed by atoms with Crippen molar-refractivity contribution in [3.05, 3.63) is 94.0 Å². The maximum Gasteiger partial charge on any atom is 0.285 e. The molecule has 0 aliphatic carbocycles. The van der Waals surface area contributed by atoms with Crippen LogP contribution >= 0.6 is 0 Å². The topological polar surface area (TPSA) is 97.0 Å². The fourth-order valence-corrected chi connectivity index (χ4v) is 2.50. The summed E-state index contributed by atoms with van der Waals surface area (Å²) in [6.07, 6.45) is 0. The highest BCUT2D eigenvalue weighted by atomic mass is 16.6. The van der Waals surface area contributed by atoms with Gasteiger partial charge in [0.25, 0.3) is 11.6 Å². The van der Waals surface area contributed by atoms with E-state index in [-0.39, 0.29) is 11.3 Å². The number of carbonyl (C=O) groups is 1. The third kappa shape index (κ3) is 4.40. The van der Waals surface area contributed by atoms with E-state index in [0.29, 0.717) is 16.9 Å². The van der Waals surface area contributed by atoms with Gasteiger partial charge < -0.3 is 5.32 Å². The number of rotatable bonds is 5. The van der Waals surface area contributed by atoms with Crippen LogP contribution in [0.4, 0.5) is 22.7 Å². The van der Waals surface area contributed by atoms with Crippen LogP contribution in [0.1, 0.15) is 15.9 Å². The fourth-order valence-electron chi connectivity index (χ4n) is 2.50. The Morgan fingerprint density at radius 3 is 2.15 bits per heavy atom. The minimum absolute atomic E-state index is 0.0211. The van der Waals surface area contributed by atoms with Gasteiger partial charge in [-0.2, -0.15) is 10.2 Å². The Labute approximate surface area is 155 Å². The molecule has 0 radical (unpaired) electrons. The van der Waals surface area contributed by atoms with Crippen molar-refractivity contribution in [3.63, 3.8) is 0 Å². The highest BCUT2D eigenvalue weighted by Crippen LogP contribution is 2.25. The van der Waals surface area contributed by atoms with Crippen LogP contribution in [0.25, 0.3) is 0 Å². The zero-order valence-electron chi connectivity index (χ0n) is 14.5. The van der Waals surface area contributed by atoms with Crippen molar-refractivity contribution in [3.8, 4) is 0 Å². The summed E-state index contributed by atoms with van der Waals surface area (Å²) in [4.78, 5) is 23.1. The lowest BCUT2D eigenvalue weighted by Gasteiger charge is -2.07. The maximum absolute atomic E-state index is 12.4. The molecule has 134 valence electrons. The van der Waals surface area contributed by atoms with Crippen molar-refractivity contribution in [1.29, 1.82) is 0 Å².